The van der Waals surface area contributed by atoms with E-state index in [-0.39, 0.29) is 18.4 Å². The van der Waals surface area contributed by atoms with E-state index in [2.05, 4.69) is 13.8 Å². The van der Waals surface area contributed by atoms with Crippen molar-refractivity contribution in [1.29, 1.82) is 0 Å². The Morgan fingerprint density at radius 3 is 2.12 bits per heavy atom. The van der Waals surface area contributed by atoms with Crippen LogP contribution in [0.5, 0.6) is 0 Å². The van der Waals surface area contributed by atoms with Crippen LogP contribution in [0, 0.1) is 22.7 Å². The highest BCUT2D eigenvalue weighted by molar-refractivity contribution is 5.90. The van der Waals surface area contributed by atoms with Gasteiger partial charge in [0, 0.05) is 11.0 Å². The van der Waals surface area contributed by atoms with Crippen molar-refractivity contribution in [3.63, 3.8) is 0 Å². The summed E-state index contributed by atoms with van der Waals surface area (Å²) >= 11 is 0. The molecule has 0 amide bonds. The molecule has 0 saturated heterocycles. The smallest absolute Gasteiger partial charge is 0.338 e. The second kappa shape index (κ2) is 11.3. The van der Waals surface area contributed by atoms with Crippen LogP contribution in [0.25, 0.3) is 0 Å². The largest absolute Gasteiger partial charge is 0.481 e. The Balaban J connectivity index is 1.54. The number of carbonyl (C=O) groups is 3. The molecule has 7 heteroatoms. The van der Waals surface area contributed by atoms with Gasteiger partial charge in [-0.15, -0.1) is 0 Å². The molecule has 0 radical (unpaired) electrons. The van der Waals surface area contributed by atoms with Crippen LogP contribution in [-0.2, 0) is 14.3 Å². The molecule has 0 unspecified atom stereocenters. The van der Waals surface area contributed by atoms with Crippen molar-refractivity contribution >= 4 is 17.9 Å². The number of aliphatic carboxylic acids is 1. The van der Waals surface area contributed by atoms with E-state index in [9.17, 15) is 24.6 Å². The number of hydrogen-bond acceptors (Lipinski definition) is 6. The number of esters is 2. The van der Waals surface area contributed by atoms with Gasteiger partial charge >= 0.3 is 17.9 Å². The average Bonchev–Trinajstić information content (AvgIpc) is 3.34. The van der Waals surface area contributed by atoms with E-state index in [1.54, 1.807) is 54.6 Å². The first-order chi connectivity index (χ1) is 19.6. The highest BCUT2D eigenvalue weighted by Gasteiger charge is 2.60. The Morgan fingerprint density at radius 1 is 0.927 bits per heavy atom. The van der Waals surface area contributed by atoms with E-state index < -0.39 is 40.9 Å². The maximum Gasteiger partial charge on any atom is 0.338 e. The zero-order chi connectivity index (χ0) is 29.4. The maximum atomic E-state index is 13.3. The summed E-state index contributed by atoms with van der Waals surface area (Å²) in [5.41, 5.74) is 1.62. The van der Waals surface area contributed by atoms with Gasteiger partial charge in [0.1, 0.15) is 12.7 Å². The minimum absolute atomic E-state index is 0.151. The minimum Gasteiger partial charge on any atom is -0.481 e. The molecule has 41 heavy (non-hydrogen) atoms. The summed E-state index contributed by atoms with van der Waals surface area (Å²) in [6, 6.07) is 17.3. The van der Waals surface area contributed by atoms with Gasteiger partial charge in [-0.3, -0.25) is 4.79 Å². The molecule has 3 aliphatic carbocycles. The lowest BCUT2D eigenvalue weighted by Crippen LogP contribution is -2.50. The standard InChI is InChI=1S/C34H38O7/c1-21(2)25-14-15-34(32(38)39)17-16-33(3)26(29(25)34)19-27(41-31(37)23-12-8-5-9-13-23)24(18-28(33)35)20-40-30(36)22-10-6-4-7-11-22/h4-13,18,21,26-28,35H,14-17,19-20H2,1-3H3,(H,38,39)/t26-,27-,28-,33-,34+/m1/s1. The zero-order valence-electron chi connectivity index (χ0n) is 23.8. The van der Waals surface area contributed by atoms with Crippen LogP contribution in [-0.4, -0.2) is 46.9 Å². The summed E-state index contributed by atoms with van der Waals surface area (Å²) in [5, 5.41) is 22.2. The van der Waals surface area contributed by atoms with E-state index >= 15 is 0 Å². The molecule has 2 aromatic rings. The summed E-state index contributed by atoms with van der Waals surface area (Å²) in [6.07, 6.45) is 2.38. The lowest BCUT2D eigenvalue weighted by Gasteiger charge is -2.51. The van der Waals surface area contributed by atoms with Gasteiger partial charge in [-0.1, -0.05) is 62.7 Å². The summed E-state index contributed by atoms with van der Waals surface area (Å²) in [7, 11) is 0. The Bertz CT molecular complexity index is 1380. The molecule has 0 bridgehead atoms. The average molecular weight is 559 g/mol. The Morgan fingerprint density at radius 2 is 1.54 bits per heavy atom. The number of carboxylic acids is 1. The first kappa shape index (κ1) is 28.8. The molecular weight excluding hydrogens is 520 g/mol. The Labute approximate surface area is 240 Å². The molecule has 0 aromatic heterocycles. The van der Waals surface area contributed by atoms with Crippen molar-refractivity contribution in [2.24, 2.45) is 22.7 Å². The van der Waals surface area contributed by atoms with Crippen LogP contribution >= 0.6 is 0 Å². The van der Waals surface area contributed by atoms with Crippen molar-refractivity contribution in [1.82, 2.24) is 0 Å². The van der Waals surface area contributed by atoms with Crippen LogP contribution in [0.1, 0.15) is 73.6 Å². The zero-order valence-corrected chi connectivity index (χ0v) is 23.8. The molecule has 3 aliphatic rings. The third kappa shape index (κ3) is 5.23. The van der Waals surface area contributed by atoms with Crippen molar-refractivity contribution < 1.29 is 34.1 Å². The van der Waals surface area contributed by atoms with E-state index in [4.69, 9.17) is 9.47 Å². The number of aliphatic hydroxyl groups is 1. The van der Waals surface area contributed by atoms with Gasteiger partial charge in [0.25, 0.3) is 0 Å². The van der Waals surface area contributed by atoms with Gasteiger partial charge in [0.05, 0.1) is 22.6 Å². The molecule has 2 aromatic carbocycles. The SMILES string of the molecule is CC(C)C1=C2[C@H]3C[C@@H](OC(=O)c4ccccc4)C(COC(=O)c4ccccc4)=C[C@@H](O)[C@]3(C)CC[C@@]2(C(=O)O)CC1. The quantitative estimate of drug-likeness (QED) is 0.317. The molecule has 0 spiro atoms. The van der Waals surface area contributed by atoms with Crippen LogP contribution in [0.15, 0.2) is 83.5 Å². The van der Waals surface area contributed by atoms with Gasteiger partial charge in [0.2, 0.25) is 0 Å². The Hall–Kier alpha value is -3.71. The molecule has 216 valence electrons. The lowest BCUT2D eigenvalue weighted by molar-refractivity contribution is -0.150. The van der Waals surface area contributed by atoms with Gasteiger partial charge in [0.15, 0.2) is 0 Å². The third-order valence-corrected chi connectivity index (χ3v) is 9.57. The third-order valence-electron chi connectivity index (χ3n) is 9.57. The molecule has 5 atom stereocenters. The molecule has 2 N–H and O–H groups in total. The monoisotopic (exact) mass is 558 g/mol. The predicted molar refractivity (Wildman–Crippen MR) is 153 cm³/mol. The Kier molecular flexibility index (Phi) is 7.93. The normalized spacial score (nSPS) is 29.2. The first-order valence-corrected chi connectivity index (χ1v) is 14.4. The topological polar surface area (TPSA) is 110 Å². The van der Waals surface area contributed by atoms with Crippen molar-refractivity contribution in [3.05, 3.63) is 94.6 Å². The van der Waals surface area contributed by atoms with Crippen LogP contribution in [0.2, 0.25) is 0 Å². The summed E-state index contributed by atoms with van der Waals surface area (Å²) in [5.74, 6) is -2.06. The maximum absolute atomic E-state index is 13.3. The second-order valence-corrected chi connectivity index (χ2v) is 12.2. The minimum atomic E-state index is -0.984. The molecule has 0 aliphatic heterocycles. The van der Waals surface area contributed by atoms with Crippen LogP contribution < -0.4 is 0 Å². The summed E-state index contributed by atoms with van der Waals surface area (Å²) in [4.78, 5) is 38.9. The number of ether oxygens (including phenoxy) is 2. The highest BCUT2D eigenvalue weighted by Crippen LogP contribution is 2.63. The van der Waals surface area contributed by atoms with E-state index in [1.807, 2.05) is 19.1 Å². The number of fused-ring (bicyclic) bond motifs is 3. The van der Waals surface area contributed by atoms with E-state index in [0.29, 0.717) is 48.8 Å². The van der Waals surface area contributed by atoms with Crippen LogP contribution in [0.4, 0.5) is 0 Å². The van der Waals surface area contributed by atoms with Gasteiger partial charge < -0.3 is 19.7 Å². The van der Waals surface area contributed by atoms with Crippen molar-refractivity contribution in [2.75, 3.05) is 6.61 Å². The van der Waals surface area contributed by atoms with E-state index in [0.717, 1.165) is 11.1 Å². The van der Waals surface area contributed by atoms with E-state index in [1.165, 1.54) is 0 Å². The van der Waals surface area contributed by atoms with Crippen molar-refractivity contribution in [3.8, 4) is 0 Å². The number of rotatable bonds is 7. The fraction of sp³-hybridized carbons (Fsp3) is 0.441. The fourth-order valence-corrected chi connectivity index (χ4v) is 7.11. The predicted octanol–water partition coefficient (Wildman–Crippen LogP) is 5.99. The van der Waals surface area contributed by atoms with Gasteiger partial charge in [-0.2, -0.15) is 0 Å². The van der Waals surface area contributed by atoms with Gasteiger partial charge in [-0.05, 0) is 79.9 Å². The molecular formula is C34H38O7. The van der Waals surface area contributed by atoms with Crippen molar-refractivity contribution in [2.45, 2.75) is 65.1 Å². The molecule has 1 saturated carbocycles. The summed E-state index contributed by atoms with van der Waals surface area (Å²) in [6.45, 7) is 6.00. The number of aliphatic hydroxyl groups excluding tert-OH is 1. The molecule has 7 nitrogen and oxygen atoms in total. The fourth-order valence-electron chi connectivity index (χ4n) is 7.11. The number of benzene rings is 2. The highest BCUT2D eigenvalue weighted by atomic mass is 16.6. The summed E-state index contributed by atoms with van der Waals surface area (Å²) < 4.78 is 11.8. The number of hydrogen-bond donors (Lipinski definition) is 2. The number of allylic oxidation sites excluding steroid dienone is 1. The second-order valence-electron chi connectivity index (χ2n) is 12.2. The lowest BCUT2D eigenvalue weighted by atomic mass is 9.53. The van der Waals surface area contributed by atoms with Gasteiger partial charge in [-0.25, -0.2) is 9.59 Å². The number of carbonyl (C=O) groups excluding carboxylic acids is 2. The molecule has 5 rings (SSSR count). The molecule has 1 fully saturated rings. The molecule has 0 heterocycles. The number of carboxylic acid groups (broad SMARTS) is 1. The van der Waals surface area contributed by atoms with Crippen LogP contribution in [0.3, 0.4) is 0 Å². The first-order valence-electron chi connectivity index (χ1n) is 14.4.